The van der Waals surface area contributed by atoms with Crippen LogP contribution in [0.4, 0.5) is 0 Å². The Morgan fingerprint density at radius 3 is 1.95 bits per heavy atom. The van der Waals surface area contributed by atoms with Gasteiger partial charge in [0, 0.05) is 6.54 Å². The molecule has 0 bridgehead atoms. The highest BCUT2D eigenvalue weighted by atomic mass is 16.5. The number of unbranched alkanes of at least 4 members (excludes halogenated alkanes) is 4. The van der Waals surface area contributed by atoms with Crippen molar-refractivity contribution < 1.29 is 4.74 Å². The maximum absolute atomic E-state index is 5.80. The summed E-state index contributed by atoms with van der Waals surface area (Å²) in [5.41, 5.74) is 9.20. The van der Waals surface area contributed by atoms with Crippen molar-refractivity contribution in [2.75, 3.05) is 6.61 Å². The molecule has 0 saturated heterocycles. The Morgan fingerprint density at radius 2 is 1.36 bits per heavy atom. The van der Waals surface area contributed by atoms with Crippen LogP contribution in [0.3, 0.4) is 0 Å². The zero-order valence-corrected chi connectivity index (χ0v) is 13.6. The first kappa shape index (κ1) is 16.6. The van der Waals surface area contributed by atoms with Crippen LogP contribution in [-0.4, -0.2) is 6.61 Å². The van der Waals surface area contributed by atoms with Crippen LogP contribution in [0, 0.1) is 0 Å². The molecule has 22 heavy (non-hydrogen) atoms. The summed E-state index contributed by atoms with van der Waals surface area (Å²) in [7, 11) is 0. The highest BCUT2D eigenvalue weighted by Gasteiger charge is 1.99. The summed E-state index contributed by atoms with van der Waals surface area (Å²) in [6.07, 6.45) is 6.34. The lowest BCUT2D eigenvalue weighted by Crippen LogP contribution is -1.97. The van der Waals surface area contributed by atoms with E-state index in [1.54, 1.807) is 0 Å². The third-order valence-corrected chi connectivity index (χ3v) is 3.89. The Bertz CT molecular complexity index is 531. The van der Waals surface area contributed by atoms with Gasteiger partial charge in [-0.1, -0.05) is 69.0 Å². The second-order valence-electron chi connectivity index (χ2n) is 5.69. The molecule has 2 rings (SSSR count). The maximum atomic E-state index is 5.80. The predicted molar refractivity (Wildman–Crippen MR) is 94.0 cm³/mol. The summed E-state index contributed by atoms with van der Waals surface area (Å²) in [5, 5.41) is 0. The van der Waals surface area contributed by atoms with Gasteiger partial charge in [0.05, 0.1) is 6.61 Å². The van der Waals surface area contributed by atoms with Crippen LogP contribution in [0.1, 0.15) is 44.6 Å². The minimum Gasteiger partial charge on any atom is -0.494 e. The van der Waals surface area contributed by atoms with E-state index in [0.29, 0.717) is 6.54 Å². The number of nitrogens with two attached hydrogens (primary N) is 1. The van der Waals surface area contributed by atoms with E-state index in [1.165, 1.54) is 36.8 Å². The summed E-state index contributed by atoms with van der Waals surface area (Å²) in [4.78, 5) is 0. The van der Waals surface area contributed by atoms with Gasteiger partial charge < -0.3 is 10.5 Å². The van der Waals surface area contributed by atoms with E-state index in [1.807, 2.05) is 0 Å². The number of rotatable bonds is 9. The Hall–Kier alpha value is -1.80. The third kappa shape index (κ3) is 5.19. The van der Waals surface area contributed by atoms with Crippen molar-refractivity contribution in [2.45, 2.75) is 45.6 Å². The molecule has 0 saturated carbocycles. The molecule has 2 aromatic carbocycles. The van der Waals surface area contributed by atoms with E-state index in [2.05, 4.69) is 55.5 Å². The zero-order chi connectivity index (χ0) is 15.6. The fourth-order valence-corrected chi connectivity index (χ4v) is 2.47. The Kier molecular flexibility index (Phi) is 6.98. The largest absolute Gasteiger partial charge is 0.494 e. The summed E-state index contributed by atoms with van der Waals surface area (Å²) in [5.74, 6) is 0.956. The lowest BCUT2D eigenvalue weighted by Gasteiger charge is -2.08. The Balaban J connectivity index is 1.82. The molecule has 0 unspecified atom stereocenters. The van der Waals surface area contributed by atoms with Crippen LogP contribution in [0.5, 0.6) is 5.75 Å². The fourth-order valence-electron chi connectivity index (χ4n) is 2.47. The highest BCUT2D eigenvalue weighted by molar-refractivity contribution is 5.64. The number of ether oxygens (including phenoxy) is 1. The van der Waals surface area contributed by atoms with Gasteiger partial charge in [0.15, 0.2) is 0 Å². The van der Waals surface area contributed by atoms with Crippen LogP contribution in [0.25, 0.3) is 11.1 Å². The van der Waals surface area contributed by atoms with Gasteiger partial charge in [0.25, 0.3) is 0 Å². The SMILES string of the molecule is CCCCCCCOc1ccc(-c2ccc(CN)cc2)cc1. The standard InChI is InChI=1S/C20H27NO/c1-2-3-4-5-6-15-22-20-13-11-19(12-14-20)18-9-7-17(16-21)8-10-18/h7-14H,2-6,15-16,21H2,1H3. The number of benzene rings is 2. The molecule has 0 amide bonds. The second-order valence-corrected chi connectivity index (χ2v) is 5.69. The van der Waals surface area contributed by atoms with Gasteiger partial charge in [-0.15, -0.1) is 0 Å². The van der Waals surface area contributed by atoms with Crippen molar-refractivity contribution in [2.24, 2.45) is 5.73 Å². The lowest BCUT2D eigenvalue weighted by molar-refractivity contribution is 0.304. The van der Waals surface area contributed by atoms with Crippen molar-refractivity contribution in [3.05, 3.63) is 54.1 Å². The molecule has 118 valence electrons. The molecule has 0 aromatic heterocycles. The molecule has 0 aliphatic rings. The smallest absolute Gasteiger partial charge is 0.119 e. The molecular formula is C20H27NO. The minimum absolute atomic E-state index is 0.589. The molecule has 0 aliphatic heterocycles. The molecule has 0 fully saturated rings. The van der Waals surface area contributed by atoms with Gasteiger partial charge in [0.2, 0.25) is 0 Å². The first-order valence-electron chi connectivity index (χ1n) is 8.35. The average molecular weight is 297 g/mol. The zero-order valence-electron chi connectivity index (χ0n) is 13.6. The third-order valence-electron chi connectivity index (χ3n) is 3.89. The van der Waals surface area contributed by atoms with Crippen LogP contribution < -0.4 is 10.5 Å². The lowest BCUT2D eigenvalue weighted by atomic mass is 10.0. The second kappa shape index (κ2) is 9.26. The van der Waals surface area contributed by atoms with Crippen molar-refractivity contribution in [3.8, 4) is 16.9 Å². The van der Waals surface area contributed by atoms with Gasteiger partial charge in [0.1, 0.15) is 5.75 Å². The predicted octanol–water partition coefficient (Wildman–Crippen LogP) is 5.16. The van der Waals surface area contributed by atoms with Gasteiger partial charge in [-0.25, -0.2) is 0 Å². The normalized spacial score (nSPS) is 10.6. The molecular weight excluding hydrogens is 270 g/mol. The van der Waals surface area contributed by atoms with E-state index in [4.69, 9.17) is 10.5 Å². The van der Waals surface area contributed by atoms with Crippen molar-refractivity contribution in [3.63, 3.8) is 0 Å². The van der Waals surface area contributed by atoms with Crippen LogP contribution >= 0.6 is 0 Å². The average Bonchev–Trinajstić information content (AvgIpc) is 2.59. The van der Waals surface area contributed by atoms with Crippen LogP contribution in [0.2, 0.25) is 0 Å². The summed E-state index contributed by atoms with van der Waals surface area (Å²) in [6.45, 7) is 3.64. The maximum Gasteiger partial charge on any atom is 0.119 e. The molecule has 0 spiro atoms. The summed E-state index contributed by atoms with van der Waals surface area (Å²) < 4.78 is 5.80. The molecule has 2 nitrogen and oxygen atoms in total. The van der Waals surface area contributed by atoms with E-state index in [9.17, 15) is 0 Å². The quantitative estimate of drug-likeness (QED) is 0.649. The molecule has 2 heteroatoms. The molecule has 0 aliphatic carbocycles. The highest BCUT2D eigenvalue weighted by Crippen LogP contribution is 2.23. The number of hydrogen-bond donors (Lipinski definition) is 1. The van der Waals surface area contributed by atoms with Gasteiger partial charge in [-0.05, 0) is 35.2 Å². The minimum atomic E-state index is 0.589. The number of hydrogen-bond acceptors (Lipinski definition) is 2. The van der Waals surface area contributed by atoms with Gasteiger partial charge >= 0.3 is 0 Å². The fraction of sp³-hybridized carbons (Fsp3) is 0.400. The Labute approximate surface area is 134 Å². The van der Waals surface area contributed by atoms with Crippen molar-refractivity contribution in [1.29, 1.82) is 0 Å². The Morgan fingerprint density at radius 1 is 0.773 bits per heavy atom. The molecule has 0 heterocycles. The van der Waals surface area contributed by atoms with E-state index in [0.717, 1.165) is 24.3 Å². The topological polar surface area (TPSA) is 35.2 Å². The van der Waals surface area contributed by atoms with Gasteiger partial charge in [-0.2, -0.15) is 0 Å². The first-order valence-corrected chi connectivity index (χ1v) is 8.35. The molecule has 2 N–H and O–H groups in total. The molecule has 2 aromatic rings. The van der Waals surface area contributed by atoms with Crippen LogP contribution in [-0.2, 0) is 6.54 Å². The van der Waals surface area contributed by atoms with Crippen molar-refractivity contribution in [1.82, 2.24) is 0 Å². The van der Waals surface area contributed by atoms with E-state index < -0.39 is 0 Å². The monoisotopic (exact) mass is 297 g/mol. The van der Waals surface area contributed by atoms with Crippen LogP contribution in [0.15, 0.2) is 48.5 Å². The molecule has 0 radical (unpaired) electrons. The first-order chi connectivity index (χ1) is 10.8. The van der Waals surface area contributed by atoms with Crippen molar-refractivity contribution >= 4 is 0 Å². The van der Waals surface area contributed by atoms with E-state index >= 15 is 0 Å². The summed E-state index contributed by atoms with van der Waals surface area (Å²) in [6, 6.07) is 16.7. The molecule has 0 atom stereocenters. The summed E-state index contributed by atoms with van der Waals surface area (Å²) >= 11 is 0. The van der Waals surface area contributed by atoms with Gasteiger partial charge in [-0.3, -0.25) is 0 Å². The van der Waals surface area contributed by atoms with E-state index in [-0.39, 0.29) is 0 Å².